The maximum Gasteiger partial charge on any atom is 0.323 e. The molecule has 0 bridgehead atoms. The summed E-state index contributed by atoms with van der Waals surface area (Å²) >= 11 is 0. The van der Waals surface area contributed by atoms with E-state index in [-0.39, 0.29) is 0 Å². The zero-order valence-electron chi connectivity index (χ0n) is 12.4. The third kappa shape index (κ3) is 5.91. The van der Waals surface area contributed by atoms with E-state index >= 15 is 0 Å². The molecule has 4 heteroatoms. The van der Waals surface area contributed by atoms with E-state index in [1.807, 2.05) is 6.92 Å². The highest BCUT2D eigenvalue weighted by Crippen LogP contribution is 2.27. The molecule has 1 fully saturated rings. The highest BCUT2D eigenvalue weighted by molar-refractivity contribution is 5.78. The van der Waals surface area contributed by atoms with E-state index < -0.39 is 11.5 Å². The van der Waals surface area contributed by atoms with E-state index in [4.69, 9.17) is 4.74 Å². The van der Waals surface area contributed by atoms with Gasteiger partial charge in [-0.15, -0.1) is 0 Å². The lowest BCUT2D eigenvalue weighted by Crippen LogP contribution is -2.52. The van der Waals surface area contributed by atoms with Crippen molar-refractivity contribution in [2.24, 2.45) is 0 Å². The first-order chi connectivity index (χ1) is 9.14. The van der Waals surface area contributed by atoms with Crippen molar-refractivity contribution in [3.05, 3.63) is 0 Å². The molecule has 0 radical (unpaired) electrons. The van der Waals surface area contributed by atoms with Crippen molar-refractivity contribution in [2.75, 3.05) is 13.2 Å². The Bertz CT molecular complexity index is 266. The van der Waals surface area contributed by atoms with Crippen LogP contribution >= 0.6 is 0 Å². The first-order valence-corrected chi connectivity index (χ1v) is 7.73. The molecular weight excluding hydrogens is 242 g/mol. The van der Waals surface area contributed by atoms with Crippen molar-refractivity contribution in [1.82, 2.24) is 5.32 Å². The molecule has 1 saturated carbocycles. The Kier molecular flexibility index (Phi) is 7.39. The third-order valence-corrected chi connectivity index (χ3v) is 3.86. The number of unbranched alkanes of at least 4 members (excludes halogenated alkanes) is 2. The first kappa shape index (κ1) is 16.4. The van der Waals surface area contributed by atoms with Crippen LogP contribution in [0.4, 0.5) is 0 Å². The average molecular weight is 271 g/mol. The number of hydrogen-bond donors (Lipinski definition) is 2. The number of carbonyl (C=O) groups is 1. The molecular formula is C15H29NO3. The molecule has 4 nitrogen and oxygen atoms in total. The maximum atomic E-state index is 11.5. The van der Waals surface area contributed by atoms with Crippen LogP contribution in [0, 0.1) is 0 Å². The average Bonchev–Trinajstić information content (AvgIpc) is 3.20. The first-order valence-electron chi connectivity index (χ1n) is 7.73. The van der Waals surface area contributed by atoms with Crippen molar-refractivity contribution in [3.8, 4) is 0 Å². The number of carboxylic acid groups (broad SMARTS) is 1. The molecule has 0 aromatic heterocycles. The van der Waals surface area contributed by atoms with Gasteiger partial charge in [-0.2, -0.15) is 0 Å². The van der Waals surface area contributed by atoms with E-state index in [0.29, 0.717) is 25.5 Å². The van der Waals surface area contributed by atoms with Gasteiger partial charge >= 0.3 is 5.97 Å². The van der Waals surface area contributed by atoms with E-state index in [0.717, 1.165) is 32.3 Å². The van der Waals surface area contributed by atoms with Crippen LogP contribution in [0.15, 0.2) is 0 Å². The van der Waals surface area contributed by atoms with E-state index in [1.165, 1.54) is 12.8 Å². The summed E-state index contributed by atoms with van der Waals surface area (Å²) in [6, 6.07) is 0.418. The predicted molar refractivity (Wildman–Crippen MR) is 76.4 cm³/mol. The molecule has 1 atom stereocenters. The predicted octanol–water partition coefficient (Wildman–Crippen LogP) is 2.96. The molecule has 0 aliphatic heterocycles. The largest absolute Gasteiger partial charge is 0.480 e. The Morgan fingerprint density at radius 3 is 2.47 bits per heavy atom. The van der Waals surface area contributed by atoms with Crippen molar-refractivity contribution >= 4 is 5.97 Å². The van der Waals surface area contributed by atoms with Gasteiger partial charge in [-0.25, -0.2) is 0 Å². The summed E-state index contributed by atoms with van der Waals surface area (Å²) < 4.78 is 5.56. The normalized spacial score (nSPS) is 18.2. The molecule has 2 N–H and O–H groups in total. The molecule has 1 unspecified atom stereocenters. The topological polar surface area (TPSA) is 58.6 Å². The lowest BCUT2D eigenvalue weighted by molar-refractivity contribution is -0.145. The minimum absolute atomic E-state index is 0.418. The number of ether oxygens (including phenoxy) is 1. The highest BCUT2D eigenvalue weighted by atomic mass is 16.5. The van der Waals surface area contributed by atoms with Crippen LogP contribution < -0.4 is 5.32 Å². The van der Waals surface area contributed by atoms with Gasteiger partial charge in [-0.3, -0.25) is 10.1 Å². The second-order valence-corrected chi connectivity index (χ2v) is 5.58. The van der Waals surface area contributed by atoms with E-state index in [9.17, 15) is 9.90 Å². The van der Waals surface area contributed by atoms with Gasteiger partial charge in [0.2, 0.25) is 0 Å². The van der Waals surface area contributed by atoms with Gasteiger partial charge < -0.3 is 9.84 Å². The van der Waals surface area contributed by atoms with Gasteiger partial charge in [0.05, 0.1) is 0 Å². The Hall–Kier alpha value is -0.610. The van der Waals surface area contributed by atoms with Gasteiger partial charge in [0.15, 0.2) is 0 Å². The molecule has 19 heavy (non-hydrogen) atoms. The van der Waals surface area contributed by atoms with Crippen molar-refractivity contribution in [2.45, 2.75) is 76.8 Å². The van der Waals surface area contributed by atoms with Crippen molar-refractivity contribution in [1.29, 1.82) is 0 Å². The Labute approximate surface area is 116 Å². The van der Waals surface area contributed by atoms with Crippen LogP contribution in [0.1, 0.15) is 65.2 Å². The number of carboxylic acids is 1. The molecule has 0 aromatic carbocycles. The zero-order valence-corrected chi connectivity index (χ0v) is 12.4. The summed E-state index contributed by atoms with van der Waals surface area (Å²) in [5.41, 5.74) is -0.742. The van der Waals surface area contributed by atoms with Crippen LogP contribution in [0.2, 0.25) is 0 Å². The number of rotatable bonds is 12. The minimum Gasteiger partial charge on any atom is -0.480 e. The summed E-state index contributed by atoms with van der Waals surface area (Å²) in [5.74, 6) is -0.715. The zero-order chi connectivity index (χ0) is 14.1. The molecule has 112 valence electrons. The number of aliphatic carboxylic acids is 1. The molecule has 0 saturated heterocycles. The van der Waals surface area contributed by atoms with Gasteiger partial charge in [-0.05, 0) is 38.5 Å². The molecule has 0 amide bonds. The van der Waals surface area contributed by atoms with Crippen LogP contribution in [0.25, 0.3) is 0 Å². The van der Waals surface area contributed by atoms with E-state index in [1.54, 1.807) is 0 Å². The molecule has 1 rings (SSSR count). The fourth-order valence-electron chi connectivity index (χ4n) is 2.32. The molecule has 0 spiro atoms. The molecule has 0 aromatic rings. The van der Waals surface area contributed by atoms with Crippen molar-refractivity contribution < 1.29 is 14.6 Å². The van der Waals surface area contributed by atoms with E-state index in [2.05, 4.69) is 12.2 Å². The Morgan fingerprint density at radius 2 is 1.95 bits per heavy atom. The lowest BCUT2D eigenvalue weighted by Gasteiger charge is -2.29. The Balaban J connectivity index is 2.22. The standard InChI is InChI=1S/C15H29NO3/c1-3-5-6-11-19-12-7-10-15(4-2,14(17)18)16-13-8-9-13/h13,16H,3-12H2,1-2H3,(H,17,18). The van der Waals surface area contributed by atoms with Gasteiger partial charge in [0.1, 0.15) is 5.54 Å². The lowest BCUT2D eigenvalue weighted by atomic mass is 9.90. The monoisotopic (exact) mass is 271 g/mol. The van der Waals surface area contributed by atoms with Crippen molar-refractivity contribution in [3.63, 3.8) is 0 Å². The second-order valence-electron chi connectivity index (χ2n) is 5.58. The van der Waals surface area contributed by atoms with Crippen LogP contribution in [0.3, 0.4) is 0 Å². The smallest absolute Gasteiger partial charge is 0.323 e. The summed E-state index contributed by atoms with van der Waals surface area (Å²) in [6.07, 6.45) is 7.84. The summed E-state index contributed by atoms with van der Waals surface area (Å²) in [6.45, 7) is 5.60. The summed E-state index contributed by atoms with van der Waals surface area (Å²) in [5, 5.41) is 12.8. The quantitative estimate of drug-likeness (QED) is 0.536. The fourth-order valence-corrected chi connectivity index (χ4v) is 2.32. The van der Waals surface area contributed by atoms with Gasteiger partial charge in [0.25, 0.3) is 0 Å². The van der Waals surface area contributed by atoms with Gasteiger partial charge in [-0.1, -0.05) is 26.7 Å². The van der Waals surface area contributed by atoms with Crippen LogP contribution in [0.5, 0.6) is 0 Å². The number of nitrogens with one attached hydrogen (secondary N) is 1. The molecule has 1 aliphatic rings. The van der Waals surface area contributed by atoms with Crippen LogP contribution in [-0.4, -0.2) is 35.9 Å². The fraction of sp³-hybridized carbons (Fsp3) is 0.933. The molecule has 0 heterocycles. The van der Waals surface area contributed by atoms with Gasteiger partial charge in [0, 0.05) is 19.3 Å². The SMILES string of the molecule is CCCCCOCCCC(CC)(NC1CC1)C(=O)O. The minimum atomic E-state index is -0.742. The maximum absolute atomic E-state index is 11.5. The summed E-state index contributed by atoms with van der Waals surface area (Å²) in [7, 11) is 0. The summed E-state index contributed by atoms with van der Waals surface area (Å²) in [4.78, 5) is 11.5. The Morgan fingerprint density at radius 1 is 1.26 bits per heavy atom. The van der Waals surface area contributed by atoms with Crippen LogP contribution in [-0.2, 0) is 9.53 Å². The number of hydrogen-bond acceptors (Lipinski definition) is 3. The second kappa shape index (κ2) is 8.54. The highest BCUT2D eigenvalue weighted by Gasteiger charge is 2.40. The molecule has 1 aliphatic carbocycles. The third-order valence-electron chi connectivity index (χ3n) is 3.86.